The van der Waals surface area contributed by atoms with Crippen LogP contribution in [0.4, 0.5) is 0 Å². The first-order chi connectivity index (χ1) is 14.2. The Balaban J connectivity index is 1.27. The first kappa shape index (κ1) is 19.5. The molecule has 4 rings (SSSR count). The number of aliphatic hydroxyl groups is 1. The summed E-state index contributed by atoms with van der Waals surface area (Å²) in [5.41, 5.74) is 4.16. The zero-order chi connectivity index (χ0) is 20.1. The van der Waals surface area contributed by atoms with E-state index in [0.717, 1.165) is 35.4 Å². The largest absolute Gasteiger partial charge is 0.497 e. The number of aromatic amines is 1. The van der Waals surface area contributed by atoms with Crippen LogP contribution in [-0.2, 0) is 11.3 Å². The molecule has 150 valence electrons. The lowest BCUT2D eigenvalue weighted by molar-refractivity contribution is 0.0523. The van der Waals surface area contributed by atoms with Crippen molar-refractivity contribution in [3.63, 3.8) is 0 Å². The van der Waals surface area contributed by atoms with Crippen LogP contribution in [0.1, 0.15) is 17.5 Å². The summed E-state index contributed by atoms with van der Waals surface area (Å²) in [6.45, 7) is 0.117. The van der Waals surface area contributed by atoms with Crippen molar-refractivity contribution in [1.82, 2.24) is 15.2 Å². The van der Waals surface area contributed by atoms with Gasteiger partial charge in [0.05, 0.1) is 12.8 Å². The van der Waals surface area contributed by atoms with Crippen LogP contribution in [0.3, 0.4) is 0 Å². The zero-order valence-corrected chi connectivity index (χ0v) is 16.9. The van der Waals surface area contributed by atoms with E-state index in [0.29, 0.717) is 16.7 Å². The maximum absolute atomic E-state index is 10.2. The summed E-state index contributed by atoms with van der Waals surface area (Å²) in [5.74, 6) is 1.93. The van der Waals surface area contributed by atoms with Crippen molar-refractivity contribution < 1.29 is 14.7 Å². The minimum absolute atomic E-state index is 0.117. The van der Waals surface area contributed by atoms with Crippen molar-refractivity contribution in [3.8, 4) is 17.1 Å². The van der Waals surface area contributed by atoms with Crippen LogP contribution in [0, 0.1) is 0 Å². The average Bonchev–Trinajstić information content (AvgIpc) is 3.40. The number of methoxy groups -OCH3 is 1. The predicted octanol–water partition coefficient (Wildman–Crippen LogP) is 3.30. The van der Waals surface area contributed by atoms with Gasteiger partial charge in [-0.2, -0.15) is 0 Å². The van der Waals surface area contributed by atoms with E-state index in [1.165, 1.54) is 17.3 Å². The smallest absolute Gasteiger partial charge is 0.208 e. The van der Waals surface area contributed by atoms with Crippen LogP contribution in [0.2, 0.25) is 0 Å². The fourth-order valence-corrected chi connectivity index (χ4v) is 3.81. The number of hydrogen-bond acceptors (Lipinski definition) is 7. The number of aromatic nitrogens is 3. The van der Waals surface area contributed by atoms with Gasteiger partial charge in [-0.3, -0.25) is 5.10 Å². The summed E-state index contributed by atoms with van der Waals surface area (Å²) in [7, 11) is 1.65. The third kappa shape index (κ3) is 4.78. The second-order valence-electron chi connectivity index (χ2n) is 6.65. The molecule has 0 saturated heterocycles. The Kier molecular flexibility index (Phi) is 6.12. The third-order valence-corrected chi connectivity index (χ3v) is 5.61. The highest BCUT2D eigenvalue weighted by Gasteiger charge is 2.19. The normalized spacial score (nSPS) is 15.3. The predicted molar refractivity (Wildman–Crippen MR) is 112 cm³/mol. The number of benzene rings is 2. The Morgan fingerprint density at radius 1 is 1.21 bits per heavy atom. The number of nitrogens with zero attached hydrogens (tertiary/aromatic N) is 3. The Hall–Kier alpha value is -2.84. The van der Waals surface area contributed by atoms with Crippen molar-refractivity contribution in [3.05, 3.63) is 59.7 Å². The summed E-state index contributed by atoms with van der Waals surface area (Å²) >= 11 is 1.37. The highest BCUT2D eigenvalue weighted by molar-refractivity contribution is 7.99. The van der Waals surface area contributed by atoms with Crippen LogP contribution in [0.15, 0.2) is 58.8 Å². The van der Waals surface area contributed by atoms with Crippen molar-refractivity contribution in [2.75, 3.05) is 19.5 Å². The van der Waals surface area contributed by atoms with E-state index in [9.17, 15) is 5.11 Å². The van der Waals surface area contributed by atoms with E-state index >= 15 is 0 Å². The molecule has 0 fully saturated rings. The minimum Gasteiger partial charge on any atom is -0.497 e. The lowest BCUT2D eigenvalue weighted by Gasteiger charge is -2.08. The molecule has 1 aliphatic carbocycles. The van der Waals surface area contributed by atoms with Gasteiger partial charge in [-0.1, -0.05) is 53.3 Å². The number of aliphatic hydroxyl groups excluding tert-OH is 1. The highest BCUT2D eigenvalue weighted by atomic mass is 32.2. The van der Waals surface area contributed by atoms with Gasteiger partial charge in [0.15, 0.2) is 5.82 Å². The third-order valence-electron chi connectivity index (χ3n) is 4.62. The fraction of sp³-hybridized carbons (Fsp3) is 0.286. The lowest BCUT2D eigenvalue weighted by atomic mass is 10.1. The maximum atomic E-state index is 10.2. The molecule has 1 atom stereocenters. The molecule has 1 unspecified atom stereocenters. The van der Waals surface area contributed by atoms with Crippen LogP contribution in [0.5, 0.6) is 5.75 Å². The highest BCUT2D eigenvalue weighted by Crippen LogP contribution is 2.27. The van der Waals surface area contributed by atoms with E-state index in [4.69, 9.17) is 9.57 Å². The number of ether oxygens (including phenoxy) is 1. The standard InChI is InChI=1S/C21H22N4O3S/c1-27-17-9-7-14-8-10-19(18(14)11-17)25-28-12-16(26)13-29-21-22-20(23-24-21)15-5-3-2-4-6-15/h2-7,9,11,16,26H,8,10,12-13H2,1H3,(H,22,23,24)/b25-19+. The van der Waals surface area contributed by atoms with Crippen molar-refractivity contribution in [1.29, 1.82) is 0 Å². The van der Waals surface area contributed by atoms with E-state index in [2.05, 4.69) is 26.4 Å². The van der Waals surface area contributed by atoms with Gasteiger partial charge in [0.25, 0.3) is 0 Å². The molecule has 8 heteroatoms. The Morgan fingerprint density at radius 2 is 2.07 bits per heavy atom. The van der Waals surface area contributed by atoms with Crippen LogP contribution < -0.4 is 4.74 Å². The Bertz CT molecular complexity index is 991. The molecule has 1 heterocycles. The quantitative estimate of drug-likeness (QED) is 0.437. The summed E-state index contributed by atoms with van der Waals surface area (Å²) in [6.07, 6.45) is 1.09. The number of aryl methyl sites for hydroxylation is 1. The van der Waals surface area contributed by atoms with Gasteiger partial charge in [-0.25, -0.2) is 4.98 Å². The van der Waals surface area contributed by atoms with Gasteiger partial charge >= 0.3 is 0 Å². The molecule has 3 aromatic rings. The van der Waals surface area contributed by atoms with Gasteiger partial charge in [0, 0.05) is 16.9 Å². The number of fused-ring (bicyclic) bond motifs is 1. The van der Waals surface area contributed by atoms with Crippen LogP contribution >= 0.6 is 11.8 Å². The summed E-state index contributed by atoms with van der Waals surface area (Å²) < 4.78 is 5.28. The molecule has 2 aromatic carbocycles. The minimum atomic E-state index is -0.672. The molecule has 0 amide bonds. The molecule has 1 aliphatic rings. The van der Waals surface area contributed by atoms with E-state index in [1.807, 2.05) is 42.5 Å². The molecular weight excluding hydrogens is 388 g/mol. The van der Waals surface area contributed by atoms with Crippen LogP contribution in [-0.4, -0.2) is 51.6 Å². The molecule has 1 aromatic heterocycles. The molecule has 29 heavy (non-hydrogen) atoms. The van der Waals surface area contributed by atoms with Gasteiger partial charge in [0.1, 0.15) is 18.5 Å². The Morgan fingerprint density at radius 3 is 2.90 bits per heavy atom. The number of thioether (sulfide) groups is 1. The number of nitrogens with one attached hydrogen (secondary N) is 1. The summed E-state index contributed by atoms with van der Waals surface area (Å²) in [4.78, 5) is 9.85. The topological polar surface area (TPSA) is 92.6 Å². The first-order valence-electron chi connectivity index (χ1n) is 9.37. The SMILES string of the molecule is COc1ccc2c(c1)/C(=N/OCC(O)CSc1n[nH]c(-c3ccccc3)n1)CC2. The maximum Gasteiger partial charge on any atom is 0.208 e. The number of H-pyrrole nitrogens is 1. The molecule has 0 aliphatic heterocycles. The van der Waals surface area contributed by atoms with Crippen molar-refractivity contribution in [2.45, 2.75) is 24.1 Å². The second kappa shape index (κ2) is 9.11. The number of hydrogen-bond donors (Lipinski definition) is 2. The summed E-state index contributed by atoms with van der Waals surface area (Å²) in [5, 5.41) is 22.1. The van der Waals surface area contributed by atoms with E-state index < -0.39 is 6.10 Å². The molecule has 0 bridgehead atoms. The lowest BCUT2D eigenvalue weighted by Crippen LogP contribution is -2.17. The monoisotopic (exact) mass is 410 g/mol. The molecule has 0 saturated carbocycles. The van der Waals surface area contributed by atoms with E-state index in [1.54, 1.807) is 7.11 Å². The Labute approximate surface area is 173 Å². The van der Waals surface area contributed by atoms with Gasteiger partial charge in [-0.15, -0.1) is 5.10 Å². The first-order valence-corrected chi connectivity index (χ1v) is 10.4. The fourth-order valence-electron chi connectivity index (χ4n) is 3.11. The zero-order valence-electron chi connectivity index (χ0n) is 16.0. The average molecular weight is 410 g/mol. The summed E-state index contributed by atoms with van der Waals surface area (Å²) in [6, 6.07) is 15.8. The van der Waals surface area contributed by atoms with Gasteiger partial charge < -0.3 is 14.7 Å². The molecule has 0 spiro atoms. The van der Waals surface area contributed by atoms with Crippen LogP contribution in [0.25, 0.3) is 11.4 Å². The molecule has 0 radical (unpaired) electrons. The van der Waals surface area contributed by atoms with Gasteiger partial charge in [0.2, 0.25) is 5.16 Å². The number of oxime groups is 1. The molecule has 2 N–H and O–H groups in total. The van der Waals surface area contributed by atoms with Gasteiger partial charge in [-0.05, 0) is 30.5 Å². The van der Waals surface area contributed by atoms with Crippen molar-refractivity contribution in [2.24, 2.45) is 5.16 Å². The second-order valence-corrected chi connectivity index (χ2v) is 7.64. The molecule has 7 nitrogen and oxygen atoms in total. The van der Waals surface area contributed by atoms with E-state index in [-0.39, 0.29) is 6.61 Å². The van der Waals surface area contributed by atoms with Crippen molar-refractivity contribution >= 4 is 17.5 Å². The molecular formula is C21H22N4O3S. The number of rotatable bonds is 8.